The molecule has 27 heavy (non-hydrogen) atoms. The molecule has 0 aliphatic rings. The molecule has 0 atom stereocenters. The van der Waals surface area contributed by atoms with E-state index in [0.717, 1.165) is 45.5 Å². The molecule has 3 N–H and O–H groups in total. The van der Waals surface area contributed by atoms with Gasteiger partial charge in [-0.1, -0.05) is 18.2 Å². The van der Waals surface area contributed by atoms with Crippen molar-refractivity contribution in [3.05, 3.63) is 58.8 Å². The van der Waals surface area contributed by atoms with E-state index in [4.69, 9.17) is 0 Å². The van der Waals surface area contributed by atoms with Crippen LogP contribution in [-0.4, -0.2) is 26.1 Å². The van der Waals surface area contributed by atoms with Gasteiger partial charge in [-0.05, 0) is 37.6 Å². The molecule has 0 saturated carbocycles. The summed E-state index contributed by atoms with van der Waals surface area (Å²) in [7, 11) is 0. The molecule has 7 nitrogen and oxygen atoms in total. The van der Waals surface area contributed by atoms with Gasteiger partial charge in [0.2, 0.25) is 0 Å². The van der Waals surface area contributed by atoms with Crippen molar-refractivity contribution in [1.29, 1.82) is 0 Å². The van der Waals surface area contributed by atoms with Gasteiger partial charge >= 0.3 is 5.69 Å². The Hall–Kier alpha value is -3.35. The van der Waals surface area contributed by atoms with Gasteiger partial charge in [0.1, 0.15) is 12.1 Å². The molecule has 4 aromatic rings. The van der Waals surface area contributed by atoms with E-state index in [1.807, 2.05) is 31.2 Å². The second kappa shape index (κ2) is 7.11. The van der Waals surface area contributed by atoms with E-state index < -0.39 is 0 Å². The summed E-state index contributed by atoms with van der Waals surface area (Å²) in [6.07, 6.45) is 1.55. The Morgan fingerprint density at radius 2 is 1.96 bits per heavy atom. The van der Waals surface area contributed by atoms with Crippen molar-refractivity contribution in [3.63, 3.8) is 0 Å². The zero-order valence-corrected chi connectivity index (χ0v) is 15.4. The van der Waals surface area contributed by atoms with Crippen LogP contribution in [-0.2, 0) is 13.1 Å². The number of nitrogens with zero attached hydrogens (tertiary/aromatic N) is 3. The quantitative estimate of drug-likeness (QED) is 0.490. The summed E-state index contributed by atoms with van der Waals surface area (Å²) in [5.74, 6) is 0.748. The van der Waals surface area contributed by atoms with Gasteiger partial charge in [0.15, 0.2) is 0 Å². The van der Waals surface area contributed by atoms with E-state index in [1.54, 1.807) is 10.9 Å². The van der Waals surface area contributed by atoms with Crippen LogP contribution in [0.4, 0.5) is 11.5 Å². The molecule has 138 valence electrons. The van der Waals surface area contributed by atoms with Crippen LogP contribution >= 0.6 is 0 Å². The number of H-pyrrole nitrogens is 1. The number of imidazole rings is 1. The van der Waals surface area contributed by atoms with Crippen molar-refractivity contribution in [3.8, 4) is 0 Å². The molecule has 4 rings (SSSR count). The maximum atomic E-state index is 12.1. The predicted octanol–water partition coefficient (Wildman–Crippen LogP) is 3.34. The molecule has 0 spiro atoms. The Kier molecular flexibility index (Phi) is 4.50. The van der Waals surface area contributed by atoms with Crippen LogP contribution in [0.5, 0.6) is 0 Å². The number of aromatic nitrogens is 4. The Labute approximate surface area is 156 Å². The van der Waals surface area contributed by atoms with Crippen LogP contribution in [0.25, 0.3) is 21.9 Å². The lowest BCUT2D eigenvalue weighted by atomic mass is 10.1. The number of nitrogens with one attached hydrogen (secondary N) is 3. The molecule has 0 saturated heterocycles. The first kappa shape index (κ1) is 17.1. The predicted molar refractivity (Wildman–Crippen MR) is 109 cm³/mol. The van der Waals surface area contributed by atoms with Gasteiger partial charge in [0, 0.05) is 30.7 Å². The minimum Gasteiger partial charge on any atom is -0.385 e. The highest BCUT2D eigenvalue weighted by Crippen LogP contribution is 2.25. The summed E-state index contributed by atoms with van der Waals surface area (Å²) < 4.78 is 1.71. The zero-order valence-electron chi connectivity index (χ0n) is 15.4. The van der Waals surface area contributed by atoms with Crippen LogP contribution in [0.1, 0.15) is 19.4 Å². The summed E-state index contributed by atoms with van der Waals surface area (Å²) in [6.45, 7) is 6.15. The second-order valence-electron chi connectivity index (χ2n) is 6.32. The minimum atomic E-state index is -0.107. The van der Waals surface area contributed by atoms with Crippen molar-refractivity contribution < 1.29 is 0 Å². The number of anilines is 2. The third-order valence-electron chi connectivity index (χ3n) is 4.68. The van der Waals surface area contributed by atoms with Crippen molar-refractivity contribution in [2.75, 3.05) is 17.2 Å². The smallest absolute Gasteiger partial charge is 0.326 e. The highest BCUT2D eigenvalue weighted by molar-refractivity contribution is 5.98. The van der Waals surface area contributed by atoms with Crippen LogP contribution < -0.4 is 16.3 Å². The lowest BCUT2D eigenvalue weighted by Crippen LogP contribution is -2.14. The standard InChI is InChI=1S/C20H22N6O/c1-3-21-15-8-6-5-7-13(15)11-22-19-14-9-17-18(10-16(14)23-12-24-19)26(4-2)20(27)25-17/h5-10,12,21H,3-4,11H2,1-2H3,(H,25,27)(H,22,23,24). The maximum Gasteiger partial charge on any atom is 0.326 e. The third-order valence-corrected chi connectivity index (χ3v) is 4.68. The van der Waals surface area contributed by atoms with Gasteiger partial charge in [0.05, 0.1) is 16.6 Å². The number of rotatable bonds is 6. The maximum absolute atomic E-state index is 12.1. The number of benzene rings is 2. The largest absolute Gasteiger partial charge is 0.385 e. The first-order valence-electron chi connectivity index (χ1n) is 9.14. The highest BCUT2D eigenvalue weighted by atomic mass is 16.1. The Bertz CT molecular complexity index is 1160. The van der Waals surface area contributed by atoms with Gasteiger partial charge < -0.3 is 15.6 Å². The van der Waals surface area contributed by atoms with Crippen LogP contribution in [0.2, 0.25) is 0 Å². The molecule has 2 heterocycles. The third kappa shape index (κ3) is 3.12. The summed E-state index contributed by atoms with van der Waals surface area (Å²) in [4.78, 5) is 23.8. The Morgan fingerprint density at radius 1 is 1.11 bits per heavy atom. The summed E-state index contributed by atoms with van der Waals surface area (Å²) in [5.41, 5.74) is 4.62. The minimum absolute atomic E-state index is 0.107. The van der Waals surface area contributed by atoms with Crippen molar-refractivity contribution in [2.24, 2.45) is 0 Å². The fourth-order valence-corrected chi connectivity index (χ4v) is 3.38. The topological polar surface area (TPSA) is 87.6 Å². The molecule has 0 fully saturated rings. The van der Waals surface area contributed by atoms with Crippen LogP contribution in [0.15, 0.2) is 47.5 Å². The normalized spacial score (nSPS) is 11.2. The lowest BCUT2D eigenvalue weighted by Gasteiger charge is -2.13. The molecule has 0 unspecified atom stereocenters. The molecule has 2 aromatic carbocycles. The van der Waals surface area contributed by atoms with E-state index in [2.05, 4.69) is 44.6 Å². The van der Waals surface area contributed by atoms with E-state index >= 15 is 0 Å². The van der Waals surface area contributed by atoms with Crippen molar-refractivity contribution >= 4 is 33.4 Å². The SMILES string of the molecule is CCNc1ccccc1CNc1ncnc2cc3c(cc12)[nH]c(=O)n3CC. The molecular formula is C20H22N6O. The van der Waals surface area contributed by atoms with E-state index in [9.17, 15) is 4.79 Å². The Morgan fingerprint density at radius 3 is 2.78 bits per heavy atom. The van der Waals surface area contributed by atoms with Crippen molar-refractivity contribution in [2.45, 2.75) is 26.9 Å². The zero-order chi connectivity index (χ0) is 18.8. The molecule has 0 aliphatic carbocycles. The fourth-order valence-electron chi connectivity index (χ4n) is 3.38. The Balaban J connectivity index is 1.72. The average Bonchev–Trinajstić information content (AvgIpc) is 2.99. The first-order valence-corrected chi connectivity index (χ1v) is 9.14. The lowest BCUT2D eigenvalue weighted by molar-refractivity contribution is 0.753. The van der Waals surface area contributed by atoms with E-state index in [-0.39, 0.29) is 5.69 Å². The number of para-hydroxylation sites is 1. The summed E-state index contributed by atoms with van der Waals surface area (Å²) in [5, 5.41) is 7.67. The second-order valence-corrected chi connectivity index (χ2v) is 6.32. The number of aryl methyl sites for hydroxylation is 1. The van der Waals surface area contributed by atoms with Gasteiger partial charge in [-0.25, -0.2) is 14.8 Å². The number of hydrogen-bond donors (Lipinski definition) is 3. The average molecular weight is 362 g/mol. The van der Waals surface area contributed by atoms with Crippen LogP contribution in [0.3, 0.4) is 0 Å². The molecule has 0 radical (unpaired) electrons. The molecule has 0 amide bonds. The monoisotopic (exact) mass is 362 g/mol. The summed E-state index contributed by atoms with van der Waals surface area (Å²) >= 11 is 0. The highest BCUT2D eigenvalue weighted by Gasteiger charge is 2.11. The number of fused-ring (bicyclic) bond motifs is 2. The first-order chi connectivity index (χ1) is 13.2. The molecule has 2 aromatic heterocycles. The van der Waals surface area contributed by atoms with Gasteiger partial charge in [0.25, 0.3) is 0 Å². The van der Waals surface area contributed by atoms with Gasteiger partial charge in [-0.3, -0.25) is 4.57 Å². The number of aromatic amines is 1. The fraction of sp³-hybridized carbons (Fsp3) is 0.250. The van der Waals surface area contributed by atoms with E-state index in [0.29, 0.717) is 13.1 Å². The van der Waals surface area contributed by atoms with Gasteiger partial charge in [-0.15, -0.1) is 0 Å². The molecule has 0 aliphatic heterocycles. The summed E-state index contributed by atoms with van der Waals surface area (Å²) in [6, 6.07) is 12.1. The van der Waals surface area contributed by atoms with Gasteiger partial charge in [-0.2, -0.15) is 0 Å². The number of hydrogen-bond acceptors (Lipinski definition) is 5. The van der Waals surface area contributed by atoms with Crippen LogP contribution in [0, 0.1) is 0 Å². The molecular weight excluding hydrogens is 340 g/mol. The molecule has 7 heteroatoms. The van der Waals surface area contributed by atoms with E-state index in [1.165, 1.54) is 0 Å². The van der Waals surface area contributed by atoms with Crippen molar-refractivity contribution in [1.82, 2.24) is 19.5 Å². The molecule has 0 bridgehead atoms.